The lowest BCUT2D eigenvalue weighted by molar-refractivity contribution is -0.118. The lowest BCUT2D eigenvalue weighted by atomic mass is 9.95. The number of carbonyl (C=O) groups excluding carboxylic acids is 1. The summed E-state index contributed by atoms with van der Waals surface area (Å²) in [6.45, 7) is 8.99. The first-order chi connectivity index (χ1) is 11.7. The minimum atomic E-state index is 0.00476. The summed E-state index contributed by atoms with van der Waals surface area (Å²) < 4.78 is 6.02. The Bertz CT molecular complexity index is 706. The molecule has 0 fully saturated rings. The van der Waals surface area contributed by atoms with E-state index in [-0.39, 0.29) is 5.91 Å². The van der Waals surface area contributed by atoms with Crippen LogP contribution >= 0.6 is 0 Å². The van der Waals surface area contributed by atoms with Gasteiger partial charge in [0.15, 0.2) is 0 Å². The van der Waals surface area contributed by atoms with Gasteiger partial charge in [0.05, 0.1) is 6.61 Å². The average molecular weight is 325 g/mol. The third-order valence-corrected chi connectivity index (χ3v) is 4.07. The number of hydrogen-bond acceptors (Lipinski definition) is 2. The first-order valence-electron chi connectivity index (χ1n) is 8.69. The smallest absolute Gasteiger partial charge is 0.216 e. The first kappa shape index (κ1) is 18.1. The summed E-state index contributed by atoms with van der Waals surface area (Å²) in [7, 11) is 0. The Labute approximate surface area is 144 Å². The zero-order valence-corrected chi connectivity index (χ0v) is 14.7. The molecular formula is C21H27NO2. The van der Waals surface area contributed by atoms with Crippen LogP contribution in [-0.4, -0.2) is 19.1 Å². The molecule has 0 aliphatic heterocycles. The summed E-state index contributed by atoms with van der Waals surface area (Å²) in [5, 5.41) is 5.31. The van der Waals surface area contributed by atoms with Crippen LogP contribution in [0.5, 0.6) is 5.75 Å². The van der Waals surface area contributed by atoms with Crippen molar-refractivity contribution in [3.05, 3.63) is 54.1 Å². The molecule has 24 heavy (non-hydrogen) atoms. The molecule has 128 valence electrons. The Hall–Kier alpha value is -2.29. The van der Waals surface area contributed by atoms with Crippen molar-refractivity contribution in [2.75, 3.05) is 13.2 Å². The van der Waals surface area contributed by atoms with Crippen molar-refractivity contribution in [2.24, 2.45) is 0 Å². The van der Waals surface area contributed by atoms with Crippen LogP contribution in [0.1, 0.15) is 37.8 Å². The van der Waals surface area contributed by atoms with Crippen LogP contribution in [0.15, 0.2) is 43.0 Å². The molecular weight excluding hydrogens is 298 g/mol. The molecule has 0 saturated carbocycles. The molecule has 0 bridgehead atoms. The maximum atomic E-state index is 11.1. The van der Waals surface area contributed by atoms with Gasteiger partial charge >= 0.3 is 0 Å². The number of fused-ring (bicyclic) bond motifs is 1. The Morgan fingerprint density at radius 1 is 1.29 bits per heavy atom. The van der Waals surface area contributed by atoms with E-state index in [0.29, 0.717) is 6.54 Å². The quantitative estimate of drug-likeness (QED) is 0.547. The average Bonchev–Trinajstić information content (AvgIpc) is 2.56. The van der Waals surface area contributed by atoms with Crippen molar-refractivity contribution in [1.82, 2.24) is 5.32 Å². The van der Waals surface area contributed by atoms with Gasteiger partial charge in [-0.1, -0.05) is 43.7 Å². The van der Waals surface area contributed by atoms with Crippen LogP contribution < -0.4 is 10.1 Å². The molecule has 2 aromatic carbocycles. The highest BCUT2D eigenvalue weighted by molar-refractivity contribution is 5.91. The molecule has 3 heteroatoms. The Morgan fingerprint density at radius 3 is 2.83 bits per heavy atom. The van der Waals surface area contributed by atoms with Gasteiger partial charge in [-0.2, -0.15) is 0 Å². The monoisotopic (exact) mass is 325 g/mol. The fraction of sp³-hybridized carbons (Fsp3) is 0.381. The van der Waals surface area contributed by atoms with Crippen molar-refractivity contribution in [3.8, 4) is 5.75 Å². The molecule has 2 aromatic rings. The van der Waals surface area contributed by atoms with Crippen molar-refractivity contribution < 1.29 is 9.53 Å². The van der Waals surface area contributed by atoms with Gasteiger partial charge in [-0.3, -0.25) is 4.79 Å². The van der Waals surface area contributed by atoms with Gasteiger partial charge < -0.3 is 10.1 Å². The number of hydrogen-bond donors (Lipinski definition) is 1. The van der Waals surface area contributed by atoms with Gasteiger partial charge in [0.25, 0.3) is 0 Å². The topological polar surface area (TPSA) is 38.3 Å². The van der Waals surface area contributed by atoms with Crippen molar-refractivity contribution in [2.45, 2.75) is 39.5 Å². The lowest BCUT2D eigenvalue weighted by Gasteiger charge is -2.16. The number of nitrogens with one attached hydrogen (secondary N) is 1. The number of carbonyl (C=O) groups is 1. The molecule has 0 saturated heterocycles. The second-order valence-corrected chi connectivity index (χ2v) is 5.99. The maximum Gasteiger partial charge on any atom is 0.216 e. The zero-order chi connectivity index (χ0) is 17.4. The van der Waals surface area contributed by atoms with Crippen LogP contribution in [0.3, 0.4) is 0 Å². The third kappa shape index (κ3) is 4.60. The first-order valence-corrected chi connectivity index (χ1v) is 8.69. The van der Waals surface area contributed by atoms with E-state index in [4.69, 9.17) is 4.74 Å². The van der Waals surface area contributed by atoms with Crippen molar-refractivity contribution in [1.29, 1.82) is 0 Å². The molecule has 0 heterocycles. The van der Waals surface area contributed by atoms with Crippen LogP contribution in [0.4, 0.5) is 0 Å². The molecule has 1 N–H and O–H groups in total. The van der Waals surface area contributed by atoms with Gasteiger partial charge in [-0.05, 0) is 41.7 Å². The molecule has 1 amide bonds. The standard InChI is InChI=1S/C21H27NO2/c1-4-6-15-24-20-12-11-17-9-7-10-18(13-14-22-16(3)23)21(17)19(20)8-5-2/h5,7,9-12H,2,4,6,8,13-15H2,1,3H3,(H,22,23). The summed E-state index contributed by atoms with van der Waals surface area (Å²) in [6.07, 6.45) is 5.67. The van der Waals surface area contributed by atoms with E-state index in [1.807, 2.05) is 6.08 Å². The maximum absolute atomic E-state index is 11.1. The molecule has 0 spiro atoms. The van der Waals surface area contributed by atoms with Crippen LogP contribution in [0, 0.1) is 0 Å². The number of rotatable bonds is 9. The summed E-state index contributed by atoms with van der Waals surface area (Å²) in [4.78, 5) is 11.1. The Kier molecular flexibility index (Phi) is 6.86. The van der Waals surface area contributed by atoms with E-state index >= 15 is 0 Å². The second kappa shape index (κ2) is 9.11. The number of ether oxygens (including phenoxy) is 1. The predicted octanol–water partition coefficient (Wildman–Crippen LogP) is 4.43. The molecule has 0 atom stereocenters. The van der Waals surface area contributed by atoms with E-state index in [1.54, 1.807) is 6.92 Å². The summed E-state index contributed by atoms with van der Waals surface area (Å²) >= 11 is 0. The largest absolute Gasteiger partial charge is 0.493 e. The molecule has 2 rings (SSSR count). The molecule has 0 radical (unpaired) electrons. The second-order valence-electron chi connectivity index (χ2n) is 5.99. The predicted molar refractivity (Wildman–Crippen MR) is 101 cm³/mol. The van der Waals surface area contributed by atoms with Gasteiger partial charge in [0.1, 0.15) is 5.75 Å². The summed E-state index contributed by atoms with van der Waals surface area (Å²) in [5.41, 5.74) is 2.43. The normalized spacial score (nSPS) is 10.6. The van der Waals surface area contributed by atoms with Gasteiger partial charge in [0, 0.05) is 19.0 Å². The van der Waals surface area contributed by atoms with Gasteiger partial charge in [-0.25, -0.2) is 0 Å². The summed E-state index contributed by atoms with van der Waals surface area (Å²) in [5.74, 6) is 0.952. The molecule has 0 aliphatic rings. The highest BCUT2D eigenvalue weighted by atomic mass is 16.5. The highest BCUT2D eigenvalue weighted by Crippen LogP contribution is 2.32. The van der Waals surface area contributed by atoms with Crippen molar-refractivity contribution in [3.63, 3.8) is 0 Å². The van der Waals surface area contributed by atoms with Crippen molar-refractivity contribution >= 4 is 16.7 Å². The molecule has 0 aromatic heterocycles. The van der Waals surface area contributed by atoms with E-state index in [9.17, 15) is 4.79 Å². The number of amides is 1. The van der Waals surface area contributed by atoms with E-state index in [1.165, 1.54) is 21.9 Å². The lowest BCUT2D eigenvalue weighted by Crippen LogP contribution is -2.22. The van der Waals surface area contributed by atoms with E-state index in [2.05, 4.69) is 49.2 Å². The minimum absolute atomic E-state index is 0.00476. The third-order valence-electron chi connectivity index (χ3n) is 4.07. The van der Waals surface area contributed by atoms with Gasteiger partial charge in [-0.15, -0.1) is 6.58 Å². The molecule has 3 nitrogen and oxygen atoms in total. The summed E-state index contributed by atoms with van der Waals surface area (Å²) in [6, 6.07) is 10.5. The van der Waals surface area contributed by atoms with E-state index in [0.717, 1.165) is 38.0 Å². The number of allylic oxidation sites excluding steroid dienone is 1. The van der Waals surface area contributed by atoms with Crippen LogP contribution in [-0.2, 0) is 17.6 Å². The Morgan fingerprint density at radius 2 is 2.12 bits per heavy atom. The molecule has 0 aliphatic carbocycles. The number of benzene rings is 2. The van der Waals surface area contributed by atoms with Crippen LogP contribution in [0.2, 0.25) is 0 Å². The van der Waals surface area contributed by atoms with Crippen LogP contribution in [0.25, 0.3) is 10.8 Å². The number of unbranched alkanes of at least 4 members (excludes halogenated alkanes) is 1. The zero-order valence-electron chi connectivity index (χ0n) is 14.7. The SMILES string of the molecule is C=CCc1c(OCCCC)ccc2cccc(CCNC(C)=O)c12. The Balaban J connectivity index is 2.40. The fourth-order valence-electron chi connectivity index (χ4n) is 2.91. The minimum Gasteiger partial charge on any atom is -0.493 e. The highest BCUT2D eigenvalue weighted by Gasteiger charge is 2.11. The van der Waals surface area contributed by atoms with Gasteiger partial charge in [0.2, 0.25) is 5.91 Å². The van der Waals surface area contributed by atoms with E-state index < -0.39 is 0 Å². The fourth-order valence-corrected chi connectivity index (χ4v) is 2.91. The molecule has 0 unspecified atom stereocenters.